The van der Waals surface area contributed by atoms with Gasteiger partial charge in [0.25, 0.3) is 0 Å². The minimum atomic E-state index is 0.599. The molecule has 2 rings (SSSR count). The second kappa shape index (κ2) is 5.86. The first kappa shape index (κ1) is 12.9. The summed E-state index contributed by atoms with van der Waals surface area (Å²) in [5.41, 5.74) is 0.731. The number of hydrogen-bond acceptors (Lipinski definition) is 5. The lowest BCUT2D eigenvalue weighted by molar-refractivity contribution is 0.960. The molecule has 0 aliphatic carbocycles. The average Bonchev–Trinajstić information content (AvgIpc) is 2.38. The summed E-state index contributed by atoms with van der Waals surface area (Å²) < 4.78 is 0.852. The third-order valence-corrected chi connectivity index (χ3v) is 2.87. The Morgan fingerprint density at radius 1 is 1.28 bits per heavy atom. The third-order valence-electron chi connectivity index (χ3n) is 2.29. The van der Waals surface area contributed by atoms with Gasteiger partial charge in [-0.05, 0) is 35.3 Å². The number of nitrogens with one attached hydrogen (secondary N) is 1. The Balaban J connectivity index is 2.34. The summed E-state index contributed by atoms with van der Waals surface area (Å²) in [6.45, 7) is 4.83. The molecule has 0 unspecified atom stereocenters. The maximum absolute atomic E-state index is 4.46. The van der Waals surface area contributed by atoms with Crippen LogP contribution in [0.3, 0.4) is 0 Å². The van der Waals surface area contributed by atoms with E-state index in [1.165, 1.54) is 0 Å². The Kier molecular flexibility index (Phi) is 4.19. The number of anilines is 1. The van der Waals surface area contributed by atoms with Crippen molar-refractivity contribution in [3.05, 3.63) is 28.8 Å². The monoisotopic (exact) mass is 307 g/mol. The number of halogens is 1. The zero-order valence-corrected chi connectivity index (χ0v) is 11.9. The smallest absolute Gasteiger partial charge is 0.180 e. The second-order valence-corrected chi connectivity index (χ2v) is 4.66. The molecular formula is C12H14BrN5. The SMILES string of the molecule is CCCNc1nc(-c2ccnc(C)n2)ncc1Br. The summed E-state index contributed by atoms with van der Waals surface area (Å²) in [6, 6.07) is 1.81. The van der Waals surface area contributed by atoms with Crippen LogP contribution in [0.4, 0.5) is 5.82 Å². The van der Waals surface area contributed by atoms with Gasteiger partial charge in [0.05, 0.1) is 4.47 Å². The first-order valence-corrected chi connectivity index (χ1v) is 6.56. The molecule has 1 N–H and O–H groups in total. The van der Waals surface area contributed by atoms with Gasteiger partial charge >= 0.3 is 0 Å². The van der Waals surface area contributed by atoms with Crippen molar-refractivity contribution in [1.29, 1.82) is 0 Å². The fourth-order valence-corrected chi connectivity index (χ4v) is 1.77. The van der Waals surface area contributed by atoms with E-state index >= 15 is 0 Å². The van der Waals surface area contributed by atoms with E-state index < -0.39 is 0 Å². The molecule has 2 aromatic rings. The highest BCUT2D eigenvalue weighted by Crippen LogP contribution is 2.22. The normalized spacial score (nSPS) is 10.4. The molecule has 18 heavy (non-hydrogen) atoms. The van der Waals surface area contributed by atoms with Gasteiger partial charge in [0.15, 0.2) is 5.82 Å². The van der Waals surface area contributed by atoms with Crippen LogP contribution < -0.4 is 5.32 Å². The number of rotatable bonds is 4. The molecule has 0 atom stereocenters. The number of aromatic nitrogens is 4. The van der Waals surface area contributed by atoms with Crippen molar-refractivity contribution in [2.75, 3.05) is 11.9 Å². The van der Waals surface area contributed by atoms with E-state index in [9.17, 15) is 0 Å². The highest BCUT2D eigenvalue weighted by Gasteiger charge is 2.07. The van der Waals surface area contributed by atoms with E-state index in [1.807, 2.05) is 6.92 Å². The molecule has 0 aromatic carbocycles. The van der Waals surface area contributed by atoms with Crippen LogP contribution in [-0.2, 0) is 0 Å². The quantitative estimate of drug-likeness (QED) is 0.941. The highest BCUT2D eigenvalue weighted by atomic mass is 79.9. The summed E-state index contributed by atoms with van der Waals surface area (Å²) in [5, 5.41) is 3.25. The van der Waals surface area contributed by atoms with E-state index in [-0.39, 0.29) is 0 Å². The lowest BCUT2D eigenvalue weighted by atomic mass is 10.3. The molecule has 0 spiro atoms. The Bertz CT molecular complexity index is 544. The van der Waals surface area contributed by atoms with Crippen molar-refractivity contribution in [2.45, 2.75) is 20.3 Å². The van der Waals surface area contributed by atoms with Gasteiger partial charge in [-0.1, -0.05) is 6.92 Å². The standard InChI is InChI=1S/C12H14BrN5/c1-3-5-15-11-9(13)7-16-12(18-11)10-4-6-14-8(2)17-10/h4,6-7H,3,5H2,1-2H3,(H,15,16,18). The molecular weight excluding hydrogens is 294 g/mol. The van der Waals surface area contributed by atoms with Crippen LogP contribution in [0.5, 0.6) is 0 Å². The van der Waals surface area contributed by atoms with Crippen LogP contribution in [0.25, 0.3) is 11.5 Å². The Morgan fingerprint density at radius 2 is 2.11 bits per heavy atom. The van der Waals surface area contributed by atoms with E-state index in [1.54, 1.807) is 18.5 Å². The van der Waals surface area contributed by atoms with Crippen molar-refractivity contribution in [2.24, 2.45) is 0 Å². The van der Waals surface area contributed by atoms with Crippen molar-refractivity contribution >= 4 is 21.7 Å². The lowest BCUT2D eigenvalue weighted by Crippen LogP contribution is -2.05. The Morgan fingerprint density at radius 3 is 2.83 bits per heavy atom. The fraction of sp³-hybridized carbons (Fsp3) is 0.333. The molecule has 0 fully saturated rings. The summed E-state index contributed by atoms with van der Waals surface area (Å²) >= 11 is 3.43. The molecule has 2 aromatic heterocycles. The van der Waals surface area contributed by atoms with Gasteiger partial charge < -0.3 is 5.32 Å². The van der Waals surface area contributed by atoms with Gasteiger partial charge in [-0.15, -0.1) is 0 Å². The van der Waals surface area contributed by atoms with E-state index in [4.69, 9.17) is 0 Å². The number of hydrogen-bond donors (Lipinski definition) is 1. The molecule has 2 heterocycles. The van der Waals surface area contributed by atoms with Gasteiger partial charge in [0.2, 0.25) is 0 Å². The summed E-state index contributed by atoms with van der Waals surface area (Å²) in [4.78, 5) is 17.1. The van der Waals surface area contributed by atoms with Crippen molar-refractivity contribution < 1.29 is 0 Å². The topological polar surface area (TPSA) is 63.6 Å². The van der Waals surface area contributed by atoms with Crippen molar-refractivity contribution in [3.8, 4) is 11.5 Å². The number of aryl methyl sites for hydroxylation is 1. The van der Waals surface area contributed by atoms with E-state index in [0.29, 0.717) is 11.6 Å². The number of nitrogens with zero attached hydrogens (tertiary/aromatic N) is 4. The Hall–Kier alpha value is -1.56. The molecule has 0 saturated carbocycles. The van der Waals surface area contributed by atoms with Crippen LogP contribution >= 0.6 is 15.9 Å². The predicted molar refractivity (Wildman–Crippen MR) is 74.3 cm³/mol. The minimum absolute atomic E-state index is 0.599. The minimum Gasteiger partial charge on any atom is -0.369 e. The highest BCUT2D eigenvalue weighted by molar-refractivity contribution is 9.10. The zero-order valence-electron chi connectivity index (χ0n) is 10.3. The molecule has 0 radical (unpaired) electrons. The van der Waals surface area contributed by atoms with Crippen LogP contribution in [-0.4, -0.2) is 26.5 Å². The average molecular weight is 308 g/mol. The van der Waals surface area contributed by atoms with Crippen LogP contribution in [0.2, 0.25) is 0 Å². The molecule has 94 valence electrons. The van der Waals surface area contributed by atoms with Gasteiger partial charge in [0, 0.05) is 18.9 Å². The first-order valence-electron chi connectivity index (χ1n) is 5.77. The molecule has 5 nitrogen and oxygen atoms in total. The van der Waals surface area contributed by atoms with Gasteiger partial charge in [-0.25, -0.2) is 19.9 Å². The summed E-state index contributed by atoms with van der Waals surface area (Å²) in [7, 11) is 0. The van der Waals surface area contributed by atoms with Gasteiger partial charge in [-0.2, -0.15) is 0 Å². The lowest BCUT2D eigenvalue weighted by Gasteiger charge is -2.07. The van der Waals surface area contributed by atoms with Crippen LogP contribution in [0.1, 0.15) is 19.2 Å². The molecule has 0 aliphatic rings. The van der Waals surface area contributed by atoms with Crippen molar-refractivity contribution in [1.82, 2.24) is 19.9 Å². The summed E-state index contributed by atoms with van der Waals surface area (Å²) in [6.07, 6.45) is 4.48. The van der Waals surface area contributed by atoms with Crippen LogP contribution in [0.15, 0.2) is 22.9 Å². The molecule has 0 amide bonds. The second-order valence-electron chi connectivity index (χ2n) is 3.81. The molecule has 0 saturated heterocycles. The predicted octanol–water partition coefficient (Wildman–Crippen LogP) is 2.83. The Labute approximate surface area is 114 Å². The third kappa shape index (κ3) is 3.01. The maximum atomic E-state index is 4.46. The molecule has 0 aliphatic heterocycles. The van der Waals surface area contributed by atoms with Gasteiger partial charge in [-0.3, -0.25) is 0 Å². The fourth-order valence-electron chi connectivity index (χ4n) is 1.44. The largest absolute Gasteiger partial charge is 0.369 e. The van der Waals surface area contributed by atoms with Gasteiger partial charge in [0.1, 0.15) is 17.3 Å². The van der Waals surface area contributed by atoms with Crippen molar-refractivity contribution in [3.63, 3.8) is 0 Å². The van der Waals surface area contributed by atoms with E-state index in [2.05, 4.69) is 48.1 Å². The van der Waals surface area contributed by atoms with Crippen LogP contribution in [0, 0.1) is 6.92 Å². The molecule has 6 heteroatoms. The molecule has 0 bridgehead atoms. The maximum Gasteiger partial charge on any atom is 0.180 e. The first-order chi connectivity index (χ1) is 8.70. The zero-order chi connectivity index (χ0) is 13.0. The summed E-state index contributed by atoms with van der Waals surface area (Å²) in [5.74, 6) is 2.10. The van der Waals surface area contributed by atoms with E-state index in [0.717, 1.165) is 29.0 Å².